The number of amides is 1. The van der Waals surface area contributed by atoms with Crippen molar-refractivity contribution in [2.24, 2.45) is 5.10 Å². The van der Waals surface area contributed by atoms with Crippen molar-refractivity contribution in [3.63, 3.8) is 0 Å². The molecule has 0 aliphatic heterocycles. The van der Waals surface area contributed by atoms with Crippen molar-refractivity contribution in [3.05, 3.63) is 47.2 Å². The first kappa shape index (κ1) is 21.4. The molecule has 1 aromatic carbocycles. The Morgan fingerprint density at radius 2 is 2.04 bits per heavy atom. The van der Waals surface area contributed by atoms with Crippen LogP contribution in [0, 0.1) is 13.8 Å². The largest absolute Gasteiger partial charge is 1.00 e. The van der Waals surface area contributed by atoms with Gasteiger partial charge in [0.1, 0.15) is 11.5 Å². The summed E-state index contributed by atoms with van der Waals surface area (Å²) in [5.74, 6) is 0.102. The first-order chi connectivity index (χ1) is 11.3. The molecule has 0 saturated carbocycles. The molecule has 2 aromatic rings. The van der Waals surface area contributed by atoms with Crippen molar-refractivity contribution in [1.82, 2.24) is 5.43 Å². The summed E-state index contributed by atoms with van der Waals surface area (Å²) in [5.41, 5.74) is 4.20. The topological polar surface area (TPSA) is 121 Å². The van der Waals surface area contributed by atoms with Crippen molar-refractivity contribution in [3.8, 4) is 5.75 Å². The number of carbonyl (C=O) groups excluding carboxylic acids is 1. The molecule has 1 N–H and O–H groups in total. The number of hydrogen-bond donors (Lipinski definition) is 1. The Bertz CT molecular complexity index is 876. The molecule has 1 aromatic heterocycles. The van der Waals surface area contributed by atoms with Gasteiger partial charge in [-0.25, -0.2) is 13.8 Å². The van der Waals surface area contributed by atoms with Crippen LogP contribution in [0.1, 0.15) is 16.9 Å². The predicted molar refractivity (Wildman–Crippen MR) is 83.8 cm³/mol. The Morgan fingerprint density at radius 1 is 1.32 bits per heavy atom. The van der Waals surface area contributed by atoms with E-state index in [-0.39, 0.29) is 41.9 Å². The van der Waals surface area contributed by atoms with Gasteiger partial charge in [0.05, 0.1) is 6.21 Å². The quantitative estimate of drug-likeness (QED) is 0.279. The Kier molecular flexibility index (Phi) is 7.84. The summed E-state index contributed by atoms with van der Waals surface area (Å²) in [4.78, 5) is 11.6. The summed E-state index contributed by atoms with van der Waals surface area (Å²) in [5, 5.41) is 2.88. The summed E-state index contributed by atoms with van der Waals surface area (Å²) in [7, 11) is -4.66. The minimum atomic E-state index is -4.66. The van der Waals surface area contributed by atoms with Gasteiger partial charge in [0.25, 0.3) is 5.91 Å². The molecule has 10 heteroatoms. The van der Waals surface area contributed by atoms with E-state index in [9.17, 15) is 17.8 Å². The van der Waals surface area contributed by atoms with E-state index in [0.29, 0.717) is 5.75 Å². The van der Waals surface area contributed by atoms with Crippen LogP contribution in [0.15, 0.2) is 44.9 Å². The second-order valence-electron chi connectivity index (χ2n) is 4.96. The monoisotopic (exact) mass is 374 g/mol. The molecule has 0 saturated heterocycles. The maximum absolute atomic E-state index is 11.6. The normalized spacial score (nSPS) is 11.2. The number of ether oxygens (including phenoxy) is 1. The van der Waals surface area contributed by atoms with E-state index in [1.165, 1.54) is 6.07 Å². The number of hydrazone groups is 1. The number of rotatable bonds is 6. The molecule has 2 rings (SSSR count). The summed E-state index contributed by atoms with van der Waals surface area (Å²) in [6, 6.07) is 7.83. The molecule has 1 heterocycles. The average molecular weight is 374 g/mol. The van der Waals surface area contributed by atoms with Crippen LogP contribution in [-0.2, 0) is 14.9 Å². The third-order valence-electron chi connectivity index (χ3n) is 2.92. The van der Waals surface area contributed by atoms with E-state index < -0.39 is 21.1 Å². The Hall–Kier alpha value is -1.65. The first-order valence-electron chi connectivity index (χ1n) is 6.83. The third kappa shape index (κ3) is 6.63. The van der Waals surface area contributed by atoms with E-state index in [1.807, 2.05) is 26.0 Å². The Balaban J connectivity index is 0.00000312. The van der Waals surface area contributed by atoms with Gasteiger partial charge in [0.15, 0.2) is 16.7 Å². The Labute approximate surface area is 167 Å². The number of carbonyl (C=O) groups is 1. The average Bonchev–Trinajstić information content (AvgIpc) is 2.95. The van der Waals surface area contributed by atoms with Gasteiger partial charge in [0.2, 0.25) is 5.09 Å². The molecule has 128 valence electrons. The maximum atomic E-state index is 11.6. The molecule has 0 bridgehead atoms. The number of nitrogens with zero attached hydrogens (tertiary/aromatic N) is 1. The molecule has 0 atom stereocenters. The van der Waals surface area contributed by atoms with Gasteiger partial charge < -0.3 is 13.7 Å². The second-order valence-corrected chi connectivity index (χ2v) is 6.27. The number of hydrogen-bond acceptors (Lipinski definition) is 7. The van der Waals surface area contributed by atoms with Gasteiger partial charge >= 0.3 is 29.6 Å². The number of benzene rings is 1. The van der Waals surface area contributed by atoms with Crippen LogP contribution < -0.4 is 39.7 Å². The van der Waals surface area contributed by atoms with Gasteiger partial charge in [-0.05, 0) is 37.6 Å². The van der Waals surface area contributed by atoms with Crippen LogP contribution in [0.3, 0.4) is 0 Å². The number of aryl methyl sites for hydroxylation is 2. The molecule has 0 spiro atoms. The predicted octanol–water partition coefficient (Wildman–Crippen LogP) is -1.67. The fraction of sp³-hybridized carbons (Fsp3) is 0.200. The standard InChI is InChI=1S/C15H16N2O6S.Na/c1-10-3-5-13(11(2)7-10)22-9-14(18)17-16-8-12-4-6-15(23-12)24(19,20)21;/h3-8H,9H2,1-2H3,(H,17,18)(H,19,20,21);/q;+1/p-1. The molecule has 0 fully saturated rings. The number of nitrogens with one attached hydrogen (secondary N) is 1. The summed E-state index contributed by atoms with van der Waals surface area (Å²) in [6.45, 7) is 3.59. The summed E-state index contributed by atoms with van der Waals surface area (Å²) < 4.78 is 42.3. The van der Waals surface area contributed by atoms with Gasteiger partial charge in [-0.15, -0.1) is 0 Å². The zero-order valence-electron chi connectivity index (χ0n) is 14.0. The fourth-order valence-electron chi connectivity index (χ4n) is 1.84. The number of furan rings is 1. The molecule has 1 amide bonds. The molecular formula is C15H15N2NaO6S. The van der Waals surface area contributed by atoms with Crippen LogP contribution in [-0.4, -0.2) is 31.7 Å². The summed E-state index contributed by atoms with van der Waals surface area (Å²) >= 11 is 0. The zero-order chi connectivity index (χ0) is 17.7. The van der Waals surface area contributed by atoms with Crippen molar-refractivity contribution in [2.45, 2.75) is 18.9 Å². The molecule has 0 aliphatic carbocycles. The zero-order valence-corrected chi connectivity index (χ0v) is 16.8. The van der Waals surface area contributed by atoms with Crippen LogP contribution in [0.25, 0.3) is 0 Å². The van der Waals surface area contributed by atoms with Gasteiger partial charge in [-0.3, -0.25) is 4.79 Å². The molecular weight excluding hydrogens is 359 g/mol. The summed E-state index contributed by atoms with van der Waals surface area (Å²) in [6.07, 6.45) is 1.07. The fourth-order valence-corrected chi connectivity index (χ4v) is 2.28. The van der Waals surface area contributed by atoms with E-state index in [4.69, 9.17) is 9.15 Å². The SMILES string of the molecule is Cc1ccc(OCC(=O)NN=Cc2ccc(S(=O)(=O)[O-])o2)c(C)c1.[Na+]. The molecule has 0 aliphatic rings. The van der Waals surface area contributed by atoms with Crippen LogP contribution in [0.5, 0.6) is 5.75 Å². The van der Waals surface area contributed by atoms with E-state index in [1.54, 1.807) is 6.07 Å². The minimum Gasteiger partial charge on any atom is -0.742 e. The second kappa shape index (κ2) is 9.16. The van der Waals surface area contributed by atoms with Gasteiger partial charge in [-0.2, -0.15) is 5.10 Å². The van der Waals surface area contributed by atoms with Crippen molar-refractivity contribution in [2.75, 3.05) is 6.61 Å². The van der Waals surface area contributed by atoms with Gasteiger partial charge in [-0.1, -0.05) is 17.7 Å². The van der Waals surface area contributed by atoms with Crippen LogP contribution in [0.2, 0.25) is 0 Å². The van der Waals surface area contributed by atoms with Crippen LogP contribution in [0.4, 0.5) is 0 Å². The molecule has 25 heavy (non-hydrogen) atoms. The van der Waals surface area contributed by atoms with Crippen LogP contribution >= 0.6 is 0 Å². The first-order valence-corrected chi connectivity index (χ1v) is 8.24. The third-order valence-corrected chi connectivity index (χ3v) is 3.63. The maximum Gasteiger partial charge on any atom is 1.00 e. The van der Waals surface area contributed by atoms with E-state index >= 15 is 0 Å². The van der Waals surface area contributed by atoms with Crippen molar-refractivity contribution in [1.29, 1.82) is 0 Å². The van der Waals surface area contributed by atoms with Crippen molar-refractivity contribution < 1.29 is 56.5 Å². The van der Waals surface area contributed by atoms with Crippen molar-refractivity contribution >= 4 is 22.2 Å². The molecule has 0 radical (unpaired) electrons. The molecule has 0 unspecified atom stereocenters. The smallest absolute Gasteiger partial charge is 0.742 e. The van der Waals surface area contributed by atoms with Gasteiger partial charge in [0, 0.05) is 0 Å². The minimum absolute atomic E-state index is 0. The molecule has 8 nitrogen and oxygen atoms in total. The Morgan fingerprint density at radius 3 is 2.64 bits per heavy atom. The van der Waals surface area contributed by atoms with E-state index in [0.717, 1.165) is 23.4 Å². The van der Waals surface area contributed by atoms with E-state index in [2.05, 4.69) is 10.5 Å².